The van der Waals surface area contributed by atoms with Gasteiger partial charge in [0.2, 0.25) is 10.0 Å². The van der Waals surface area contributed by atoms with E-state index in [1.54, 1.807) is 21.1 Å². The Kier molecular flexibility index (Phi) is 7.68. The Morgan fingerprint density at radius 3 is 2.78 bits per heavy atom. The van der Waals surface area contributed by atoms with Crippen molar-refractivity contribution in [1.82, 2.24) is 18.9 Å². The molecule has 0 radical (unpaired) electrons. The number of nitrogens with zero attached hydrogens (tertiary/aromatic N) is 4. The van der Waals surface area contributed by atoms with Crippen LogP contribution in [0.2, 0.25) is 5.02 Å². The largest absolute Gasteiger partial charge is 0.370 e. The second-order valence-corrected chi connectivity index (χ2v) is 13.1. The highest BCUT2D eigenvalue weighted by atomic mass is 79.9. The Morgan fingerprint density at radius 1 is 1.19 bits per heavy atom. The van der Waals surface area contributed by atoms with Crippen molar-refractivity contribution in [3.63, 3.8) is 0 Å². The molecule has 1 fully saturated rings. The van der Waals surface area contributed by atoms with Crippen LogP contribution in [-0.2, 0) is 10.0 Å². The summed E-state index contributed by atoms with van der Waals surface area (Å²) in [6, 6.07) is 9.46. The Hall–Kier alpha value is -1.62. The first-order valence-corrected chi connectivity index (χ1v) is 14.9. The van der Waals surface area contributed by atoms with Gasteiger partial charge in [0.05, 0.1) is 16.4 Å². The van der Waals surface area contributed by atoms with Crippen molar-refractivity contribution in [1.29, 1.82) is 0 Å². The van der Waals surface area contributed by atoms with E-state index in [0.29, 0.717) is 35.3 Å². The lowest BCUT2D eigenvalue weighted by atomic mass is 10.00. The third-order valence-corrected chi connectivity index (χ3v) is 10.3. The van der Waals surface area contributed by atoms with Gasteiger partial charge in [-0.05, 0) is 53.3 Å². The van der Waals surface area contributed by atoms with Crippen LogP contribution in [0.5, 0.6) is 0 Å². The van der Waals surface area contributed by atoms with Gasteiger partial charge in [0.1, 0.15) is 11.1 Å². The van der Waals surface area contributed by atoms with Crippen molar-refractivity contribution >= 4 is 72.2 Å². The van der Waals surface area contributed by atoms with Gasteiger partial charge < -0.3 is 5.32 Å². The molecular weight excluding hydrogens is 609 g/mol. The van der Waals surface area contributed by atoms with Gasteiger partial charge in [-0.1, -0.05) is 59.1 Å². The lowest BCUT2D eigenvalue weighted by Gasteiger charge is -2.35. The number of benzene rings is 1. The van der Waals surface area contributed by atoms with E-state index in [2.05, 4.69) is 26.3 Å². The van der Waals surface area contributed by atoms with Crippen LogP contribution in [0.3, 0.4) is 0 Å². The first-order chi connectivity index (χ1) is 17.2. The summed E-state index contributed by atoms with van der Waals surface area (Å²) in [6.07, 6.45) is 6.88. The Bertz CT molecular complexity index is 1470. The number of aromatic nitrogens is 3. The van der Waals surface area contributed by atoms with Gasteiger partial charge in [0, 0.05) is 46.4 Å². The maximum atomic E-state index is 13.4. The second kappa shape index (κ2) is 10.6. The van der Waals surface area contributed by atoms with Crippen molar-refractivity contribution < 1.29 is 8.42 Å². The van der Waals surface area contributed by atoms with Crippen molar-refractivity contribution in [2.75, 3.05) is 25.0 Å². The highest BCUT2D eigenvalue weighted by molar-refractivity contribution is 9.10. The van der Waals surface area contributed by atoms with Crippen LogP contribution in [0.4, 0.5) is 5.82 Å². The normalized spacial score (nSPS) is 21.3. The molecule has 12 heteroatoms. The minimum atomic E-state index is -3.60. The molecule has 2 atom stereocenters. The number of allylic oxidation sites excluding steroid dienone is 3. The van der Waals surface area contributed by atoms with Gasteiger partial charge in [0.15, 0.2) is 5.65 Å². The Balaban J connectivity index is 1.35. The van der Waals surface area contributed by atoms with E-state index < -0.39 is 15.3 Å². The Labute approximate surface area is 233 Å². The first kappa shape index (κ1) is 26.0. The highest BCUT2D eigenvalue weighted by Gasteiger charge is 2.37. The van der Waals surface area contributed by atoms with E-state index in [1.165, 1.54) is 6.08 Å². The Morgan fingerprint density at radius 2 is 2.00 bits per heavy atom. The lowest BCUT2D eigenvalue weighted by Crippen LogP contribution is -2.46. The minimum Gasteiger partial charge on any atom is -0.370 e. The van der Waals surface area contributed by atoms with Crippen LogP contribution >= 0.6 is 50.7 Å². The maximum absolute atomic E-state index is 13.4. The molecule has 1 saturated heterocycles. The molecule has 0 saturated carbocycles. The second-order valence-electron chi connectivity index (χ2n) is 8.87. The smallest absolute Gasteiger partial charge is 0.222 e. The molecule has 1 aliphatic heterocycles. The third kappa shape index (κ3) is 5.19. The molecule has 0 amide bonds. The molecule has 2 aromatic heterocycles. The summed E-state index contributed by atoms with van der Waals surface area (Å²) >= 11 is 22.2. The quantitative estimate of drug-likeness (QED) is 0.346. The number of hydrogen-bond donors (Lipinski definition) is 1. The molecule has 1 aromatic carbocycles. The summed E-state index contributed by atoms with van der Waals surface area (Å²) in [7, 11) is -3.60. The summed E-state index contributed by atoms with van der Waals surface area (Å²) < 4.78 is 30.8. The molecule has 7 nitrogen and oxygen atoms in total. The van der Waals surface area contributed by atoms with Crippen molar-refractivity contribution in [2.45, 2.75) is 24.5 Å². The molecule has 2 unspecified atom stereocenters. The summed E-state index contributed by atoms with van der Waals surface area (Å²) in [5.41, 5.74) is 2.20. The summed E-state index contributed by atoms with van der Waals surface area (Å²) in [5.74, 6) is 0.864. The van der Waals surface area contributed by atoms with Crippen LogP contribution in [-0.4, -0.2) is 52.2 Å². The van der Waals surface area contributed by atoms with Crippen LogP contribution in [0.25, 0.3) is 16.9 Å². The molecule has 0 spiro atoms. The van der Waals surface area contributed by atoms with Gasteiger partial charge in [-0.25, -0.2) is 17.7 Å². The zero-order valence-electron chi connectivity index (χ0n) is 19.0. The topological polar surface area (TPSA) is 79.6 Å². The van der Waals surface area contributed by atoms with E-state index >= 15 is 0 Å². The molecule has 2 aliphatic rings. The molecule has 0 bridgehead atoms. The summed E-state index contributed by atoms with van der Waals surface area (Å²) in [4.78, 5) is 4.74. The number of hydrogen-bond acceptors (Lipinski definition) is 5. The molecule has 36 heavy (non-hydrogen) atoms. The van der Waals surface area contributed by atoms with Crippen LogP contribution in [0.15, 0.2) is 63.2 Å². The van der Waals surface area contributed by atoms with Crippen LogP contribution in [0, 0.1) is 5.92 Å². The predicted octanol–water partition coefficient (Wildman–Crippen LogP) is 6.28. The number of halogens is 4. The fourth-order valence-corrected chi connectivity index (χ4v) is 7.84. The van der Waals surface area contributed by atoms with Crippen molar-refractivity contribution in [3.05, 3.63) is 68.2 Å². The van der Waals surface area contributed by atoms with Crippen molar-refractivity contribution in [2.24, 2.45) is 5.92 Å². The molecule has 1 aliphatic carbocycles. The number of anilines is 1. The lowest BCUT2D eigenvalue weighted by molar-refractivity contribution is 0.273. The fraction of sp³-hybridized carbons (Fsp3) is 0.333. The van der Waals surface area contributed by atoms with Gasteiger partial charge in [-0.15, -0.1) is 0 Å². The number of piperidine rings is 1. The van der Waals surface area contributed by atoms with E-state index in [9.17, 15) is 8.42 Å². The third-order valence-electron chi connectivity index (χ3n) is 6.46. The molecular formula is C24H23BrCl3N5O2S. The van der Waals surface area contributed by atoms with E-state index in [1.807, 2.05) is 30.3 Å². The summed E-state index contributed by atoms with van der Waals surface area (Å²) in [5, 5.41) is 8.47. The van der Waals surface area contributed by atoms with Crippen LogP contribution < -0.4 is 5.32 Å². The highest BCUT2D eigenvalue weighted by Crippen LogP contribution is 2.33. The first-order valence-electron chi connectivity index (χ1n) is 11.5. The zero-order valence-corrected chi connectivity index (χ0v) is 23.7. The van der Waals surface area contributed by atoms with E-state index in [4.69, 9.17) is 39.8 Å². The minimum absolute atomic E-state index is 0.116. The molecule has 3 heterocycles. The van der Waals surface area contributed by atoms with Gasteiger partial charge >= 0.3 is 0 Å². The molecule has 5 rings (SSSR count). The van der Waals surface area contributed by atoms with Crippen molar-refractivity contribution in [3.8, 4) is 11.3 Å². The van der Waals surface area contributed by atoms with Crippen LogP contribution in [0.1, 0.15) is 19.3 Å². The van der Waals surface area contributed by atoms with E-state index in [0.717, 1.165) is 34.4 Å². The standard InChI is InChI=1S/C24H23BrCl3N5O2S/c25-18-13-30-33-23(11-21(31-24(18)33)17-5-1-2-6-19(17)27)29-12-15-4-3-9-32(14-15)36(34,35)22-8-7-16(26)10-20(22)28/h1-2,5-7,10-11,13,15,22,29H,3-4,8-9,12,14H2. The monoisotopic (exact) mass is 629 g/mol. The molecule has 1 N–H and O–H groups in total. The number of rotatable bonds is 6. The fourth-order valence-electron chi connectivity index (χ4n) is 4.60. The number of nitrogens with one attached hydrogen (secondary N) is 1. The molecule has 3 aromatic rings. The predicted molar refractivity (Wildman–Crippen MR) is 149 cm³/mol. The maximum Gasteiger partial charge on any atom is 0.222 e. The SMILES string of the molecule is O=S(=O)(C1CC=C(Cl)C=C1Cl)N1CCCC(CNc2cc(-c3ccccc3Cl)nc3c(Br)cnn23)C1. The zero-order chi connectivity index (χ0) is 25.4. The molecule has 190 valence electrons. The number of sulfonamides is 1. The van der Waals surface area contributed by atoms with E-state index in [-0.39, 0.29) is 17.4 Å². The van der Waals surface area contributed by atoms with Gasteiger partial charge in [0.25, 0.3) is 0 Å². The number of fused-ring (bicyclic) bond motifs is 1. The average Bonchev–Trinajstić information content (AvgIpc) is 3.23. The summed E-state index contributed by atoms with van der Waals surface area (Å²) in [6.45, 7) is 1.48. The van der Waals surface area contributed by atoms with Gasteiger partial charge in [-0.3, -0.25) is 0 Å². The van der Waals surface area contributed by atoms with Gasteiger partial charge in [-0.2, -0.15) is 9.61 Å². The average molecular weight is 632 g/mol.